The highest BCUT2D eigenvalue weighted by molar-refractivity contribution is 7.89. The van der Waals surface area contributed by atoms with Crippen molar-refractivity contribution in [3.8, 4) is 11.1 Å². The molecular formula is C22H19N5O3S. The van der Waals surface area contributed by atoms with Gasteiger partial charge in [0.2, 0.25) is 15.8 Å². The molecule has 0 radical (unpaired) electrons. The van der Waals surface area contributed by atoms with Gasteiger partial charge in [-0.1, -0.05) is 42.5 Å². The molecule has 31 heavy (non-hydrogen) atoms. The zero-order valence-electron chi connectivity index (χ0n) is 16.5. The topological polar surface area (TPSA) is 156 Å². The number of aromatic amines is 1. The number of benzene rings is 3. The van der Waals surface area contributed by atoms with Gasteiger partial charge >= 0.3 is 0 Å². The van der Waals surface area contributed by atoms with Crippen molar-refractivity contribution in [3.63, 3.8) is 0 Å². The Labute approximate surface area is 178 Å². The van der Waals surface area contributed by atoms with Crippen molar-refractivity contribution >= 4 is 32.7 Å². The van der Waals surface area contributed by atoms with E-state index in [9.17, 15) is 13.2 Å². The largest absolute Gasteiger partial charge is 0.384 e. The molecule has 3 aromatic carbocycles. The van der Waals surface area contributed by atoms with E-state index in [2.05, 4.69) is 9.97 Å². The van der Waals surface area contributed by atoms with E-state index in [0.29, 0.717) is 33.3 Å². The molecule has 1 heterocycles. The number of fused-ring (bicyclic) bond motifs is 1. The molecule has 8 nitrogen and oxygen atoms in total. The molecule has 0 aliphatic heterocycles. The van der Waals surface area contributed by atoms with E-state index in [4.69, 9.17) is 16.3 Å². The third-order valence-electron chi connectivity index (χ3n) is 4.95. The second kappa shape index (κ2) is 7.46. The number of aryl methyl sites for hydroxylation is 1. The van der Waals surface area contributed by atoms with Crippen LogP contribution in [0, 0.1) is 12.3 Å². The number of hydrogen-bond acceptors (Lipinski definition) is 5. The van der Waals surface area contributed by atoms with Crippen molar-refractivity contribution in [1.29, 1.82) is 5.41 Å². The molecule has 6 N–H and O–H groups in total. The number of nitrogens with two attached hydrogens (primary N) is 2. The van der Waals surface area contributed by atoms with Gasteiger partial charge in [-0.15, -0.1) is 0 Å². The van der Waals surface area contributed by atoms with Crippen LogP contribution in [-0.4, -0.2) is 30.0 Å². The average molecular weight is 433 g/mol. The summed E-state index contributed by atoms with van der Waals surface area (Å²) in [5.41, 5.74) is 9.63. The van der Waals surface area contributed by atoms with Crippen LogP contribution in [-0.2, 0) is 10.0 Å². The summed E-state index contributed by atoms with van der Waals surface area (Å²) >= 11 is 0. The van der Waals surface area contributed by atoms with Gasteiger partial charge in [-0.05, 0) is 36.2 Å². The first-order valence-corrected chi connectivity index (χ1v) is 10.8. The Bertz CT molecular complexity index is 1450. The highest BCUT2D eigenvalue weighted by Gasteiger charge is 2.18. The number of imidazole rings is 1. The molecule has 0 spiro atoms. The number of carbonyl (C=O) groups is 1. The molecule has 1 aromatic heterocycles. The van der Waals surface area contributed by atoms with Crippen LogP contribution in [0.5, 0.6) is 0 Å². The summed E-state index contributed by atoms with van der Waals surface area (Å²) in [6.07, 6.45) is 0. The molecule has 0 fully saturated rings. The highest BCUT2D eigenvalue weighted by atomic mass is 32.2. The van der Waals surface area contributed by atoms with Crippen molar-refractivity contribution in [2.75, 3.05) is 0 Å². The molecule has 4 rings (SSSR count). The smallest absolute Gasteiger partial charge is 0.238 e. The molecule has 0 amide bonds. The first-order chi connectivity index (χ1) is 14.6. The zero-order valence-corrected chi connectivity index (χ0v) is 17.3. The van der Waals surface area contributed by atoms with Crippen LogP contribution >= 0.6 is 0 Å². The predicted molar refractivity (Wildman–Crippen MR) is 119 cm³/mol. The van der Waals surface area contributed by atoms with Crippen LogP contribution in [0.25, 0.3) is 22.2 Å². The minimum absolute atomic E-state index is 0.0168. The number of ketones is 1. The van der Waals surface area contributed by atoms with Gasteiger partial charge in [-0.3, -0.25) is 10.2 Å². The normalized spacial score (nSPS) is 11.5. The lowest BCUT2D eigenvalue weighted by Gasteiger charge is -2.08. The summed E-state index contributed by atoms with van der Waals surface area (Å²) in [4.78, 5) is 20.4. The predicted octanol–water partition coefficient (Wildman–Crippen LogP) is 2.70. The number of nitrogens with zero attached hydrogens (tertiary/aromatic N) is 1. The van der Waals surface area contributed by atoms with Crippen LogP contribution in [0.4, 0.5) is 0 Å². The summed E-state index contributed by atoms with van der Waals surface area (Å²) in [6.45, 7) is 1.83. The summed E-state index contributed by atoms with van der Waals surface area (Å²) in [5, 5.41) is 12.9. The molecule has 9 heteroatoms. The molecule has 0 aliphatic carbocycles. The number of nitrogens with one attached hydrogen (secondary N) is 2. The molecule has 156 valence electrons. The Kier molecular flexibility index (Phi) is 4.92. The molecule has 0 atom stereocenters. The molecule has 0 bridgehead atoms. The van der Waals surface area contributed by atoms with Crippen LogP contribution < -0.4 is 10.9 Å². The first kappa shape index (κ1) is 20.5. The Balaban J connectivity index is 1.70. The Hall–Kier alpha value is -3.82. The van der Waals surface area contributed by atoms with E-state index >= 15 is 0 Å². The molecule has 0 saturated carbocycles. The number of primary sulfonamides is 1. The monoisotopic (exact) mass is 433 g/mol. The standard InChI is InChI=1S/C22H19N5O3S/c1-12-10-15(21(23)24)11-17-19(12)27-22(26-17)20(28)14-8-6-13(7-9-14)16-4-2-3-5-18(16)31(25,29)30/h2-11H,1H3,(H3,23,24)(H,26,27)(H2,25,29,30). The van der Waals surface area contributed by atoms with Crippen molar-refractivity contribution in [2.24, 2.45) is 10.9 Å². The van der Waals surface area contributed by atoms with Crippen LogP contribution in [0.15, 0.2) is 65.6 Å². The number of H-pyrrole nitrogens is 1. The number of amidine groups is 1. The maximum absolute atomic E-state index is 12.9. The molecule has 4 aromatic rings. The maximum atomic E-state index is 12.9. The van der Waals surface area contributed by atoms with Gasteiger partial charge in [0.15, 0.2) is 5.82 Å². The molecule has 0 aliphatic rings. The average Bonchev–Trinajstić information content (AvgIpc) is 3.17. The van der Waals surface area contributed by atoms with E-state index in [1.165, 1.54) is 6.07 Å². The number of sulfonamides is 1. The second-order valence-corrected chi connectivity index (χ2v) is 8.67. The Morgan fingerprint density at radius 1 is 1.03 bits per heavy atom. The summed E-state index contributed by atoms with van der Waals surface area (Å²) in [5.74, 6) is -0.217. The molecular weight excluding hydrogens is 414 g/mol. The van der Waals surface area contributed by atoms with Crippen LogP contribution in [0.3, 0.4) is 0 Å². The minimum atomic E-state index is -3.89. The van der Waals surface area contributed by atoms with Crippen molar-refractivity contribution < 1.29 is 13.2 Å². The Morgan fingerprint density at radius 3 is 2.35 bits per heavy atom. The maximum Gasteiger partial charge on any atom is 0.238 e. The fourth-order valence-electron chi connectivity index (χ4n) is 3.44. The lowest BCUT2D eigenvalue weighted by Crippen LogP contribution is -2.13. The van der Waals surface area contributed by atoms with E-state index < -0.39 is 10.0 Å². The van der Waals surface area contributed by atoms with Crippen LogP contribution in [0.2, 0.25) is 0 Å². The van der Waals surface area contributed by atoms with E-state index in [-0.39, 0.29) is 22.3 Å². The summed E-state index contributed by atoms with van der Waals surface area (Å²) in [7, 11) is -3.89. The van der Waals surface area contributed by atoms with Gasteiger partial charge < -0.3 is 10.7 Å². The number of hydrogen-bond donors (Lipinski definition) is 4. The third kappa shape index (κ3) is 3.83. The lowest BCUT2D eigenvalue weighted by atomic mass is 10.0. The van der Waals surface area contributed by atoms with Gasteiger partial charge in [0.25, 0.3) is 0 Å². The zero-order chi connectivity index (χ0) is 22.3. The van der Waals surface area contributed by atoms with Gasteiger partial charge in [0.05, 0.1) is 15.9 Å². The summed E-state index contributed by atoms with van der Waals surface area (Å²) in [6, 6.07) is 16.4. The number of aromatic nitrogens is 2. The van der Waals surface area contributed by atoms with E-state index in [1.54, 1.807) is 54.6 Å². The first-order valence-electron chi connectivity index (χ1n) is 9.27. The molecule has 0 unspecified atom stereocenters. The second-order valence-electron chi connectivity index (χ2n) is 7.14. The summed E-state index contributed by atoms with van der Waals surface area (Å²) < 4.78 is 23.7. The fourth-order valence-corrected chi connectivity index (χ4v) is 4.21. The van der Waals surface area contributed by atoms with E-state index in [0.717, 1.165) is 5.56 Å². The van der Waals surface area contributed by atoms with Gasteiger partial charge in [0.1, 0.15) is 5.84 Å². The van der Waals surface area contributed by atoms with Gasteiger partial charge in [-0.25, -0.2) is 18.5 Å². The van der Waals surface area contributed by atoms with Crippen molar-refractivity contribution in [3.05, 3.63) is 83.2 Å². The quantitative estimate of drug-likeness (QED) is 0.216. The molecule has 0 saturated heterocycles. The van der Waals surface area contributed by atoms with E-state index in [1.807, 2.05) is 6.92 Å². The SMILES string of the molecule is Cc1cc(C(=N)N)cc2[nH]c(C(=O)c3ccc(-c4ccccc4S(N)(=O)=O)cc3)nc12. The number of carbonyl (C=O) groups excluding carboxylic acids is 1. The minimum Gasteiger partial charge on any atom is -0.384 e. The Morgan fingerprint density at radius 2 is 1.71 bits per heavy atom. The lowest BCUT2D eigenvalue weighted by molar-refractivity contribution is 0.103. The van der Waals surface area contributed by atoms with Gasteiger partial charge in [-0.2, -0.15) is 0 Å². The highest BCUT2D eigenvalue weighted by Crippen LogP contribution is 2.27. The van der Waals surface area contributed by atoms with Crippen LogP contribution in [0.1, 0.15) is 27.3 Å². The fraction of sp³-hybridized carbons (Fsp3) is 0.0455. The van der Waals surface area contributed by atoms with Gasteiger partial charge in [0, 0.05) is 16.7 Å². The third-order valence-corrected chi connectivity index (χ3v) is 5.92. The number of nitrogen functional groups attached to an aromatic ring is 1. The van der Waals surface area contributed by atoms with Crippen molar-refractivity contribution in [2.45, 2.75) is 11.8 Å². The number of rotatable bonds is 5. The van der Waals surface area contributed by atoms with Crippen molar-refractivity contribution in [1.82, 2.24) is 9.97 Å².